The fourth-order valence-corrected chi connectivity index (χ4v) is 15.2. The largest absolute Gasteiger partial charge is 0.309 e. The lowest BCUT2D eigenvalue weighted by molar-refractivity contribution is 1.12. The maximum atomic E-state index is 12.5. The zero-order valence-corrected chi connectivity index (χ0v) is 50.6. The third kappa shape index (κ3) is 8.09. The molecule has 0 spiro atoms. The predicted octanol–water partition coefficient (Wildman–Crippen LogP) is 22.3. The van der Waals surface area contributed by atoms with E-state index in [1.807, 2.05) is 0 Å². The molecule has 0 amide bonds. The first-order valence-corrected chi connectivity index (χ1v) is 31.4. The van der Waals surface area contributed by atoms with Crippen LogP contribution in [0.1, 0.15) is 17.0 Å². The quantitative estimate of drug-likeness (QED) is 0.145. The zero-order chi connectivity index (χ0) is 61.1. The first-order valence-electron chi connectivity index (χ1n) is 31.4. The van der Waals surface area contributed by atoms with Gasteiger partial charge in [0.25, 0.3) is 0 Å². The van der Waals surface area contributed by atoms with E-state index in [1.54, 1.807) is 0 Å². The number of hydrogen-bond acceptors (Lipinski definition) is 2. The van der Waals surface area contributed by atoms with Gasteiger partial charge in [-0.05, 0) is 168 Å². The molecule has 6 nitrogen and oxygen atoms in total. The standard InChI is InChI=1S/C86H56N6/c1-54-51-60(52-55(2)88-54)86-83(57-37-45-62(46-38-57)90-76-29-13-5-21-67(76)68-22-6-14-30-77(68)90)73(53-87)82(56-35-43-61(44-36-56)89-74-27-11-3-19-65(74)66-20-4-12-28-75(66)89)84(58-39-47-63(48-40-58)91-78-31-15-7-23-69(78)70-24-8-16-32-79(70)91)85(86)59-41-49-64(50-42-59)92-80-33-17-9-25-71(80)72-26-10-18-34-81(72)92/h3-52H,1-2H3. The van der Waals surface area contributed by atoms with Crippen molar-refractivity contribution in [2.24, 2.45) is 0 Å². The van der Waals surface area contributed by atoms with Gasteiger partial charge < -0.3 is 18.3 Å². The summed E-state index contributed by atoms with van der Waals surface area (Å²) in [7, 11) is 0. The van der Waals surface area contributed by atoms with Crippen molar-refractivity contribution >= 4 is 87.2 Å². The molecule has 0 bridgehead atoms. The lowest BCUT2D eigenvalue weighted by Crippen LogP contribution is -2.04. The monoisotopic (exact) mass is 1170 g/mol. The van der Waals surface area contributed by atoms with Gasteiger partial charge in [-0.15, -0.1) is 0 Å². The van der Waals surface area contributed by atoms with E-state index in [1.165, 1.54) is 43.1 Å². The maximum Gasteiger partial charge on any atom is 0.100 e. The molecule has 5 heterocycles. The van der Waals surface area contributed by atoms with Crippen molar-refractivity contribution in [2.45, 2.75) is 13.8 Å². The van der Waals surface area contributed by atoms with Crippen LogP contribution in [0.3, 0.4) is 0 Å². The minimum Gasteiger partial charge on any atom is -0.309 e. The van der Waals surface area contributed by atoms with E-state index in [-0.39, 0.29) is 0 Å². The highest BCUT2D eigenvalue weighted by atomic mass is 15.0. The van der Waals surface area contributed by atoms with Gasteiger partial charge in [-0.2, -0.15) is 5.26 Å². The number of rotatable bonds is 9. The highest BCUT2D eigenvalue weighted by Crippen LogP contribution is 2.54. The van der Waals surface area contributed by atoms with Crippen molar-refractivity contribution in [1.82, 2.24) is 23.3 Å². The summed E-state index contributed by atoms with van der Waals surface area (Å²) in [5, 5.41) is 22.1. The smallest absolute Gasteiger partial charge is 0.100 e. The van der Waals surface area contributed by atoms with Crippen LogP contribution < -0.4 is 0 Å². The Bertz CT molecular complexity index is 5830. The first-order chi connectivity index (χ1) is 45.5. The lowest BCUT2D eigenvalue weighted by atomic mass is 9.75. The predicted molar refractivity (Wildman–Crippen MR) is 383 cm³/mol. The number of nitriles is 1. The van der Waals surface area contributed by atoms with Gasteiger partial charge in [-0.25, -0.2) is 0 Å². The number of nitrogens with zero attached hydrogens (tertiary/aromatic N) is 6. The van der Waals surface area contributed by atoms with Crippen molar-refractivity contribution in [3.63, 3.8) is 0 Å². The molecule has 5 aromatic heterocycles. The fourth-order valence-electron chi connectivity index (χ4n) is 15.2. The summed E-state index contributed by atoms with van der Waals surface area (Å²) in [4.78, 5) is 5.00. The third-order valence-corrected chi connectivity index (χ3v) is 19.0. The van der Waals surface area contributed by atoms with Crippen LogP contribution in [0.4, 0.5) is 0 Å². The van der Waals surface area contributed by atoms with Crippen LogP contribution in [0.15, 0.2) is 303 Å². The van der Waals surface area contributed by atoms with Gasteiger partial charge in [0, 0.05) is 88.4 Å². The van der Waals surface area contributed by atoms with Gasteiger partial charge in [0.15, 0.2) is 0 Å². The van der Waals surface area contributed by atoms with Crippen molar-refractivity contribution in [2.75, 3.05) is 0 Å². The Morgan fingerprint density at radius 3 is 0.663 bits per heavy atom. The number of hydrogen-bond donors (Lipinski definition) is 0. The molecule has 6 heteroatoms. The van der Waals surface area contributed by atoms with Crippen molar-refractivity contribution in [1.29, 1.82) is 5.26 Å². The van der Waals surface area contributed by atoms with Crippen LogP contribution in [-0.4, -0.2) is 23.3 Å². The van der Waals surface area contributed by atoms with E-state index in [0.29, 0.717) is 5.56 Å². The molecule has 0 fully saturated rings. The Morgan fingerprint density at radius 2 is 0.435 bits per heavy atom. The Labute approximate surface area is 531 Å². The highest BCUT2D eigenvalue weighted by Gasteiger charge is 2.30. The van der Waals surface area contributed by atoms with Crippen LogP contribution in [0.25, 0.3) is 166 Å². The van der Waals surface area contributed by atoms with Gasteiger partial charge in [0.1, 0.15) is 6.07 Å². The zero-order valence-electron chi connectivity index (χ0n) is 50.6. The van der Waals surface area contributed by atoms with Crippen LogP contribution in [0, 0.1) is 25.2 Å². The SMILES string of the molecule is Cc1cc(-c2c(-c3ccc(-n4c5ccccc5c5ccccc54)cc3)c(C#N)c(-c3ccc(-n4c5ccccc5c5ccccc54)cc3)c(-c3ccc(-n4c5ccccc5c5ccccc54)cc3)c2-c2ccc(-n3c4ccccc4c4ccccc43)cc2)cc(C)n1. The normalized spacial score (nSPS) is 11.8. The summed E-state index contributed by atoms with van der Waals surface area (Å²) in [6, 6.07) is 113. The van der Waals surface area contributed by atoms with Crippen LogP contribution in [-0.2, 0) is 0 Å². The summed E-state index contributed by atoms with van der Waals surface area (Å²) < 4.78 is 9.47. The number of aryl methyl sites for hydroxylation is 2. The Morgan fingerprint density at radius 1 is 0.239 bits per heavy atom. The van der Waals surface area contributed by atoms with E-state index in [0.717, 1.165) is 134 Å². The van der Waals surface area contributed by atoms with Crippen molar-refractivity contribution < 1.29 is 0 Å². The summed E-state index contributed by atoms with van der Waals surface area (Å²) in [5.41, 5.74) is 25.0. The van der Waals surface area contributed by atoms with Gasteiger partial charge in [-0.3, -0.25) is 4.98 Å². The summed E-state index contributed by atoms with van der Waals surface area (Å²) in [6.07, 6.45) is 0. The third-order valence-electron chi connectivity index (χ3n) is 19.0. The first kappa shape index (κ1) is 52.8. The molecule has 0 aliphatic rings. The maximum absolute atomic E-state index is 12.5. The molecule has 0 atom stereocenters. The molecule has 0 saturated heterocycles. The second kappa shape index (κ2) is 20.9. The van der Waals surface area contributed by atoms with Gasteiger partial charge >= 0.3 is 0 Å². The van der Waals surface area contributed by atoms with E-state index in [4.69, 9.17) is 4.98 Å². The molecular formula is C86H56N6. The summed E-state index contributed by atoms with van der Waals surface area (Å²) in [6.45, 7) is 4.15. The van der Waals surface area contributed by atoms with Gasteiger partial charge in [0.05, 0.1) is 49.7 Å². The van der Waals surface area contributed by atoms with Crippen molar-refractivity contribution in [3.8, 4) is 84.5 Å². The molecule has 18 aromatic rings. The second-order valence-electron chi connectivity index (χ2n) is 24.2. The number of para-hydroxylation sites is 8. The van der Waals surface area contributed by atoms with E-state index >= 15 is 0 Å². The molecule has 0 radical (unpaired) electrons. The Hall–Kier alpha value is -12.3. The van der Waals surface area contributed by atoms with Gasteiger partial charge in [-0.1, -0.05) is 194 Å². The van der Waals surface area contributed by atoms with Gasteiger partial charge in [0.2, 0.25) is 0 Å². The topological polar surface area (TPSA) is 56.4 Å². The minimum absolute atomic E-state index is 0.577. The van der Waals surface area contributed by atoms with Crippen LogP contribution >= 0.6 is 0 Å². The molecule has 18 rings (SSSR count). The molecule has 0 aliphatic heterocycles. The second-order valence-corrected chi connectivity index (χ2v) is 24.2. The summed E-state index contributed by atoms with van der Waals surface area (Å²) in [5.74, 6) is 0. The number of aromatic nitrogens is 5. The van der Waals surface area contributed by atoms with Crippen LogP contribution in [0.2, 0.25) is 0 Å². The number of pyridine rings is 1. The minimum atomic E-state index is 0.577. The van der Waals surface area contributed by atoms with E-state index in [9.17, 15) is 5.26 Å². The molecule has 0 N–H and O–H groups in total. The summed E-state index contributed by atoms with van der Waals surface area (Å²) >= 11 is 0. The lowest BCUT2D eigenvalue weighted by Gasteiger charge is -2.27. The molecular weight excluding hydrogens is 1120 g/mol. The molecule has 0 aliphatic carbocycles. The molecule has 430 valence electrons. The van der Waals surface area contributed by atoms with E-state index in [2.05, 4.69) is 342 Å². The fraction of sp³-hybridized carbons (Fsp3) is 0.0233. The Kier molecular flexibility index (Phi) is 12.0. The average Bonchev–Trinajstić information content (AvgIpc) is 1.11. The highest BCUT2D eigenvalue weighted by molar-refractivity contribution is 6.14. The molecule has 0 unspecified atom stereocenters. The molecule has 13 aromatic carbocycles. The van der Waals surface area contributed by atoms with Crippen molar-refractivity contribution in [3.05, 3.63) is 320 Å². The van der Waals surface area contributed by atoms with Crippen LogP contribution in [0.5, 0.6) is 0 Å². The van der Waals surface area contributed by atoms with E-state index < -0.39 is 0 Å². The number of fused-ring (bicyclic) bond motifs is 12. The Balaban J connectivity index is 0.946. The molecule has 0 saturated carbocycles. The molecule has 92 heavy (non-hydrogen) atoms. The average molecular weight is 1170 g/mol. The number of benzene rings is 13.